The van der Waals surface area contributed by atoms with Crippen molar-refractivity contribution in [3.8, 4) is 11.5 Å². The van der Waals surface area contributed by atoms with Gasteiger partial charge in [0, 0.05) is 21.5 Å². The summed E-state index contributed by atoms with van der Waals surface area (Å²) in [5.74, 6) is -5.08. The molecular weight excluding hydrogens is 591 g/mol. The lowest BCUT2D eigenvalue weighted by molar-refractivity contribution is -0.126. The van der Waals surface area contributed by atoms with Gasteiger partial charge in [-0.15, -0.1) is 0 Å². The topological polar surface area (TPSA) is 104 Å². The third kappa shape index (κ3) is 4.18. The molecule has 2 aliphatic carbocycles. The Kier molecular flexibility index (Phi) is 6.59. The fourth-order valence-electron chi connectivity index (χ4n) is 7.53. The van der Waals surface area contributed by atoms with E-state index in [0.717, 1.165) is 5.57 Å². The fraction of sp³-hybridized carbons (Fsp3) is 0.273. The first-order valence-corrected chi connectivity index (χ1v) is 14.8. The van der Waals surface area contributed by atoms with Gasteiger partial charge in [-0.3, -0.25) is 29.0 Å². The van der Waals surface area contributed by atoms with E-state index in [1.807, 2.05) is 6.08 Å². The van der Waals surface area contributed by atoms with Crippen molar-refractivity contribution in [3.05, 3.63) is 94.0 Å². The Hall–Kier alpha value is -4.14. The number of imide groups is 2. The van der Waals surface area contributed by atoms with Crippen LogP contribution in [0.1, 0.15) is 24.3 Å². The van der Waals surface area contributed by atoms with Crippen LogP contribution in [0, 0.1) is 29.6 Å². The number of fused-ring (bicyclic) bond motifs is 4. The molecule has 10 heteroatoms. The molecule has 0 radical (unpaired) electrons. The van der Waals surface area contributed by atoms with Crippen LogP contribution >= 0.6 is 23.2 Å². The summed E-state index contributed by atoms with van der Waals surface area (Å²) in [5.41, 5.74) is 2.06. The highest BCUT2D eigenvalue weighted by molar-refractivity contribution is 6.31. The highest BCUT2D eigenvalue weighted by Crippen LogP contribution is 2.59. The molecule has 218 valence electrons. The molecule has 8 nitrogen and oxygen atoms in total. The number of hydrogen-bond acceptors (Lipinski definition) is 6. The van der Waals surface area contributed by atoms with Gasteiger partial charge in [-0.25, -0.2) is 0 Å². The molecule has 0 spiro atoms. The number of carbonyl (C=O) groups is 4. The van der Waals surface area contributed by atoms with Crippen LogP contribution in [0.15, 0.2) is 78.4 Å². The average molecular weight is 617 g/mol. The number of benzene rings is 3. The lowest BCUT2D eigenvalue weighted by Crippen LogP contribution is -2.43. The fourth-order valence-corrected chi connectivity index (χ4v) is 7.79. The second-order valence-corrected chi connectivity index (χ2v) is 12.3. The summed E-state index contributed by atoms with van der Waals surface area (Å²) in [6.45, 7) is 0. The minimum Gasteiger partial charge on any atom is -0.508 e. The number of anilines is 2. The maximum Gasteiger partial charge on any atom is 0.238 e. The number of amides is 4. The van der Waals surface area contributed by atoms with Gasteiger partial charge in [-0.2, -0.15) is 0 Å². The number of hydrogen-bond donors (Lipinski definition) is 1. The highest BCUT2D eigenvalue weighted by atomic mass is 35.5. The predicted octanol–water partition coefficient (Wildman–Crippen LogP) is 5.75. The molecule has 0 bridgehead atoms. The Morgan fingerprint density at radius 1 is 0.721 bits per heavy atom. The standard InChI is InChI=1S/C33H26Cl2N2O6/c1-43-20-10-13-26(38)24(14-20)27-21-11-12-22-28(32(41)36(30(22)39)18-6-2-16(34)3-7-18)23(21)15-25-29(27)33(42)37(31(25)40)19-8-4-17(35)5-9-19/h2-11,13-14,22-23,25,27-29,38H,12,15H2,1H3. The molecule has 2 aliphatic heterocycles. The van der Waals surface area contributed by atoms with Gasteiger partial charge in [0.15, 0.2) is 0 Å². The van der Waals surface area contributed by atoms with Crippen molar-refractivity contribution in [3.63, 3.8) is 0 Å². The second kappa shape index (κ2) is 10.2. The third-order valence-corrected chi connectivity index (χ3v) is 9.89. The first kappa shape index (κ1) is 27.7. The van der Waals surface area contributed by atoms with Gasteiger partial charge in [0.2, 0.25) is 23.6 Å². The van der Waals surface area contributed by atoms with Gasteiger partial charge < -0.3 is 9.84 Å². The van der Waals surface area contributed by atoms with Crippen LogP contribution in [0.3, 0.4) is 0 Å². The first-order valence-electron chi connectivity index (χ1n) is 14.0. The summed E-state index contributed by atoms with van der Waals surface area (Å²) >= 11 is 12.1. The van der Waals surface area contributed by atoms with E-state index in [-0.39, 0.29) is 35.8 Å². The maximum absolute atomic E-state index is 14.2. The van der Waals surface area contributed by atoms with E-state index in [2.05, 4.69) is 0 Å². The van der Waals surface area contributed by atoms with Crippen molar-refractivity contribution in [2.75, 3.05) is 16.9 Å². The summed E-state index contributed by atoms with van der Waals surface area (Å²) in [7, 11) is 1.51. The van der Waals surface area contributed by atoms with Crippen LogP contribution in [0.2, 0.25) is 10.0 Å². The van der Waals surface area contributed by atoms with Crippen LogP contribution < -0.4 is 14.5 Å². The van der Waals surface area contributed by atoms with E-state index < -0.39 is 35.5 Å². The van der Waals surface area contributed by atoms with Crippen molar-refractivity contribution < 1.29 is 29.0 Å². The normalized spacial score (nSPS) is 28.0. The molecule has 6 atom stereocenters. The van der Waals surface area contributed by atoms with Crippen molar-refractivity contribution in [2.24, 2.45) is 29.6 Å². The summed E-state index contributed by atoms with van der Waals surface area (Å²) < 4.78 is 5.45. The smallest absolute Gasteiger partial charge is 0.238 e. The van der Waals surface area contributed by atoms with Crippen LogP contribution in [-0.4, -0.2) is 35.8 Å². The van der Waals surface area contributed by atoms with Gasteiger partial charge in [-0.05, 0) is 85.5 Å². The average Bonchev–Trinajstić information content (AvgIpc) is 3.41. The predicted molar refractivity (Wildman–Crippen MR) is 160 cm³/mol. The molecule has 4 amide bonds. The van der Waals surface area contributed by atoms with Crippen LogP contribution in [0.25, 0.3) is 0 Å². The minimum atomic E-state index is -0.820. The SMILES string of the molecule is COc1ccc(O)c(C2C3=CCC4C(=O)N(c5ccc(Cl)cc5)C(=O)C4C3CC3C(=O)N(c4ccc(Cl)cc4)C(=O)C32)c1. The van der Waals surface area contributed by atoms with Crippen molar-refractivity contribution in [1.29, 1.82) is 0 Å². The number of ether oxygens (including phenoxy) is 1. The number of phenolic OH excluding ortho intramolecular Hbond substituents is 1. The number of rotatable bonds is 4. The molecule has 1 saturated carbocycles. The minimum absolute atomic E-state index is 0.0463. The molecule has 2 saturated heterocycles. The van der Waals surface area contributed by atoms with E-state index in [0.29, 0.717) is 39.2 Å². The van der Waals surface area contributed by atoms with Crippen molar-refractivity contribution in [2.45, 2.75) is 18.8 Å². The molecule has 7 rings (SSSR count). The molecule has 2 heterocycles. The molecule has 43 heavy (non-hydrogen) atoms. The quantitative estimate of drug-likeness (QED) is 0.295. The molecular formula is C33H26Cl2N2O6. The second-order valence-electron chi connectivity index (χ2n) is 11.4. The van der Waals surface area contributed by atoms with Crippen molar-refractivity contribution >= 4 is 58.2 Å². The zero-order valence-corrected chi connectivity index (χ0v) is 24.5. The van der Waals surface area contributed by atoms with E-state index in [1.54, 1.807) is 60.7 Å². The molecule has 6 unspecified atom stereocenters. The monoisotopic (exact) mass is 616 g/mol. The summed E-state index contributed by atoms with van der Waals surface area (Å²) in [5, 5.41) is 12.1. The maximum atomic E-state index is 14.2. The summed E-state index contributed by atoms with van der Waals surface area (Å²) in [6.07, 6.45) is 2.46. The Balaban J connectivity index is 1.35. The lowest BCUT2D eigenvalue weighted by Gasteiger charge is -2.44. The van der Waals surface area contributed by atoms with Crippen molar-refractivity contribution in [1.82, 2.24) is 0 Å². The Morgan fingerprint density at radius 3 is 1.86 bits per heavy atom. The zero-order valence-electron chi connectivity index (χ0n) is 22.9. The summed E-state index contributed by atoms with van der Waals surface area (Å²) in [4.78, 5) is 58.3. The molecule has 4 aliphatic rings. The highest BCUT2D eigenvalue weighted by Gasteiger charge is 2.62. The van der Waals surface area contributed by atoms with E-state index >= 15 is 0 Å². The lowest BCUT2D eigenvalue weighted by atomic mass is 9.57. The first-order chi connectivity index (χ1) is 20.7. The van der Waals surface area contributed by atoms with E-state index in [9.17, 15) is 24.3 Å². The third-order valence-electron chi connectivity index (χ3n) is 9.39. The van der Waals surface area contributed by atoms with Gasteiger partial charge in [0.05, 0.1) is 42.2 Å². The molecule has 1 N–H and O–H groups in total. The van der Waals surface area contributed by atoms with E-state index in [4.69, 9.17) is 27.9 Å². The largest absolute Gasteiger partial charge is 0.508 e. The number of phenols is 1. The number of allylic oxidation sites excluding steroid dienone is 2. The molecule has 3 aromatic rings. The van der Waals surface area contributed by atoms with Gasteiger partial charge in [0.25, 0.3) is 0 Å². The van der Waals surface area contributed by atoms with Crippen LogP contribution in [-0.2, 0) is 19.2 Å². The Morgan fingerprint density at radius 2 is 1.28 bits per heavy atom. The zero-order chi connectivity index (χ0) is 30.2. The van der Waals surface area contributed by atoms with Crippen LogP contribution in [0.4, 0.5) is 11.4 Å². The number of carbonyl (C=O) groups excluding carboxylic acids is 4. The van der Waals surface area contributed by atoms with E-state index in [1.165, 1.54) is 23.0 Å². The number of aromatic hydroxyl groups is 1. The molecule has 3 fully saturated rings. The Bertz CT molecular complexity index is 1720. The van der Waals surface area contributed by atoms with Gasteiger partial charge >= 0.3 is 0 Å². The molecule has 0 aromatic heterocycles. The van der Waals surface area contributed by atoms with Gasteiger partial charge in [0.1, 0.15) is 11.5 Å². The van der Waals surface area contributed by atoms with Crippen LogP contribution in [0.5, 0.6) is 11.5 Å². The number of nitrogens with zero attached hydrogens (tertiary/aromatic N) is 2. The summed E-state index contributed by atoms with van der Waals surface area (Å²) in [6, 6.07) is 17.8. The van der Waals surface area contributed by atoms with Gasteiger partial charge in [-0.1, -0.05) is 34.9 Å². The number of methoxy groups -OCH3 is 1. The Labute approximate surface area is 257 Å². The molecule has 3 aromatic carbocycles. The number of halogens is 2.